The van der Waals surface area contributed by atoms with E-state index in [0.29, 0.717) is 11.5 Å². The van der Waals surface area contributed by atoms with Crippen molar-refractivity contribution in [3.63, 3.8) is 0 Å². The highest BCUT2D eigenvalue weighted by Crippen LogP contribution is 2.31. The molecule has 1 aromatic carbocycles. The van der Waals surface area contributed by atoms with Gasteiger partial charge < -0.3 is 9.47 Å². The summed E-state index contributed by atoms with van der Waals surface area (Å²) in [5.74, 6) is 1.43. The van der Waals surface area contributed by atoms with Gasteiger partial charge in [-0.3, -0.25) is 0 Å². The zero-order chi connectivity index (χ0) is 12.0. The average molecular weight is 242 g/mol. The van der Waals surface area contributed by atoms with E-state index in [-0.39, 0.29) is 5.88 Å². The Morgan fingerprint density at radius 2 is 2.06 bits per heavy atom. The van der Waals surface area contributed by atoms with E-state index in [2.05, 4.69) is 10.0 Å². The molecule has 0 radical (unpaired) electrons. The van der Waals surface area contributed by atoms with E-state index in [0.717, 1.165) is 5.56 Å². The summed E-state index contributed by atoms with van der Waals surface area (Å²) in [6.45, 7) is 0. The van der Waals surface area contributed by atoms with Crippen LogP contribution >= 0.6 is 11.6 Å². The topological polar surface area (TPSA) is 67.2 Å². The third-order valence-corrected chi connectivity index (χ3v) is 2.42. The van der Waals surface area contributed by atoms with Crippen molar-refractivity contribution in [2.45, 2.75) is 6.04 Å². The van der Waals surface area contributed by atoms with E-state index >= 15 is 0 Å². The number of halogens is 1. The van der Waals surface area contributed by atoms with Crippen LogP contribution < -0.4 is 9.47 Å². The minimum Gasteiger partial charge on any atom is -0.493 e. The van der Waals surface area contributed by atoms with Crippen LogP contribution in [0, 0.1) is 0 Å². The second-order valence-corrected chi connectivity index (χ2v) is 3.30. The molecule has 1 unspecified atom stereocenters. The molecule has 6 heteroatoms. The van der Waals surface area contributed by atoms with E-state index in [9.17, 15) is 0 Å². The first-order chi connectivity index (χ1) is 7.76. The van der Waals surface area contributed by atoms with Crippen molar-refractivity contribution in [1.29, 1.82) is 0 Å². The van der Waals surface area contributed by atoms with Crippen LogP contribution in [0.1, 0.15) is 11.6 Å². The van der Waals surface area contributed by atoms with Gasteiger partial charge in [0.1, 0.15) is 0 Å². The fraction of sp³-hybridized carbons (Fsp3) is 0.400. The highest BCUT2D eigenvalue weighted by atomic mass is 35.5. The Morgan fingerprint density at radius 1 is 1.38 bits per heavy atom. The van der Waals surface area contributed by atoms with E-state index < -0.39 is 6.04 Å². The lowest BCUT2D eigenvalue weighted by atomic mass is 10.1. The molecule has 86 valence electrons. The zero-order valence-corrected chi connectivity index (χ0v) is 9.81. The molecule has 0 heterocycles. The molecule has 0 fully saturated rings. The molecular formula is C10H12ClN3O2. The quantitative estimate of drug-likeness (QED) is 0.344. The highest BCUT2D eigenvalue weighted by molar-refractivity contribution is 6.18. The maximum atomic E-state index is 8.40. The third kappa shape index (κ3) is 2.72. The normalized spacial score (nSPS) is 11.4. The Morgan fingerprint density at radius 3 is 2.56 bits per heavy atom. The molecule has 0 aliphatic rings. The lowest BCUT2D eigenvalue weighted by Crippen LogP contribution is -1.98. The van der Waals surface area contributed by atoms with Gasteiger partial charge in [0.05, 0.1) is 20.3 Å². The molecule has 0 aliphatic heterocycles. The number of ether oxygens (including phenoxy) is 2. The van der Waals surface area contributed by atoms with Crippen molar-refractivity contribution in [2.75, 3.05) is 20.1 Å². The Kier molecular flexibility index (Phi) is 4.76. The van der Waals surface area contributed by atoms with Crippen LogP contribution in [0.15, 0.2) is 23.3 Å². The summed E-state index contributed by atoms with van der Waals surface area (Å²) < 4.78 is 10.2. The maximum absolute atomic E-state index is 8.40. The molecule has 0 aromatic heterocycles. The Balaban J connectivity index is 3.10. The van der Waals surface area contributed by atoms with Gasteiger partial charge in [-0.1, -0.05) is 11.2 Å². The van der Waals surface area contributed by atoms with Crippen LogP contribution in [0.4, 0.5) is 0 Å². The van der Waals surface area contributed by atoms with E-state index in [1.807, 2.05) is 0 Å². The summed E-state index contributed by atoms with van der Waals surface area (Å²) in [7, 11) is 3.11. The molecule has 0 aliphatic carbocycles. The summed E-state index contributed by atoms with van der Waals surface area (Å²) in [4.78, 5) is 2.75. The van der Waals surface area contributed by atoms with Crippen LogP contribution in [0.3, 0.4) is 0 Å². The van der Waals surface area contributed by atoms with Gasteiger partial charge in [-0.2, -0.15) is 0 Å². The summed E-state index contributed by atoms with van der Waals surface area (Å²) in [5.41, 5.74) is 9.20. The standard InChI is InChI=1S/C10H12ClN3O2/c1-15-9-4-3-7(5-10(9)16-2)8(6-11)13-14-12/h3-5,8H,6H2,1-2H3. The van der Waals surface area contributed by atoms with Crippen molar-refractivity contribution < 1.29 is 9.47 Å². The predicted molar refractivity (Wildman–Crippen MR) is 62.2 cm³/mol. The number of nitrogens with zero attached hydrogens (tertiary/aromatic N) is 3. The molecule has 1 rings (SSSR count). The predicted octanol–water partition coefficient (Wildman–Crippen LogP) is 3.29. The van der Waals surface area contributed by atoms with Crippen molar-refractivity contribution in [3.05, 3.63) is 34.2 Å². The van der Waals surface area contributed by atoms with Crippen LogP contribution in [-0.4, -0.2) is 20.1 Å². The smallest absolute Gasteiger partial charge is 0.160 e. The van der Waals surface area contributed by atoms with Gasteiger partial charge in [-0.05, 0) is 23.2 Å². The van der Waals surface area contributed by atoms with Crippen molar-refractivity contribution >= 4 is 11.6 Å². The van der Waals surface area contributed by atoms with Crippen molar-refractivity contribution in [2.24, 2.45) is 5.11 Å². The molecule has 0 amide bonds. The summed E-state index contributed by atoms with van der Waals surface area (Å²) in [6.07, 6.45) is 0. The van der Waals surface area contributed by atoms with E-state index in [1.165, 1.54) is 0 Å². The van der Waals surface area contributed by atoms with Gasteiger partial charge in [0.2, 0.25) is 0 Å². The minimum atomic E-state index is -0.397. The van der Waals surface area contributed by atoms with Gasteiger partial charge >= 0.3 is 0 Å². The minimum absolute atomic E-state index is 0.222. The Hall–Kier alpha value is -1.58. The highest BCUT2D eigenvalue weighted by Gasteiger charge is 2.11. The molecule has 0 saturated carbocycles. The zero-order valence-electron chi connectivity index (χ0n) is 9.05. The Labute approximate surface area is 98.6 Å². The molecule has 0 spiro atoms. The SMILES string of the molecule is COc1ccc(C(CCl)N=[N+]=[N-])cc1OC. The molecule has 0 N–H and O–H groups in total. The van der Waals surface area contributed by atoms with Gasteiger partial charge in [-0.25, -0.2) is 0 Å². The number of azide groups is 1. The second kappa shape index (κ2) is 6.10. The number of hydrogen-bond donors (Lipinski definition) is 0. The molecule has 1 aromatic rings. The first-order valence-corrected chi connectivity index (χ1v) is 5.12. The van der Waals surface area contributed by atoms with Gasteiger partial charge in [0.25, 0.3) is 0 Å². The van der Waals surface area contributed by atoms with Gasteiger partial charge in [0, 0.05) is 10.8 Å². The van der Waals surface area contributed by atoms with Gasteiger partial charge in [0.15, 0.2) is 11.5 Å². The molecular weight excluding hydrogens is 230 g/mol. The number of rotatable bonds is 5. The third-order valence-electron chi connectivity index (χ3n) is 2.13. The van der Waals surface area contributed by atoms with Gasteiger partial charge in [-0.15, -0.1) is 11.6 Å². The summed E-state index contributed by atoms with van der Waals surface area (Å²) >= 11 is 5.71. The van der Waals surface area contributed by atoms with Crippen molar-refractivity contribution in [1.82, 2.24) is 0 Å². The molecule has 0 saturated heterocycles. The monoisotopic (exact) mass is 241 g/mol. The fourth-order valence-corrected chi connectivity index (χ4v) is 1.55. The number of benzene rings is 1. The van der Waals surface area contributed by atoms with Crippen LogP contribution in [0.5, 0.6) is 11.5 Å². The average Bonchev–Trinajstić information content (AvgIpc) is 2.35. The molecule has 5 nitrogen and oxygen atoms in total. The van der Waals surface area contributed by atoms with E-state index in [4.69, 9.17) is 26.6 Å². The van der Waals surface area contributed by atoms with Crippen LogP contribution in [0.25, 0.3) is 10.4 Å². The Bertz CT molecular complexity index is 405. The molecule has 1 atom stereocenters. The summed E-state index contributed by atoms with van der Waals surface area (Å²) in [5, 5.41) is 3.60. The molecule has 16 heavy (non-hydrogen) atoms. The second-order valence-electron chi connectivity index (χ2n) is 2.99. The molecule has 0 bridgehead atoms. The van der Waals surface area contributed by atoms with Crippen LogP contribution in [-0.2, 0) is 0 Å². The maximum Gasteiger partial charge on any atom is 0.160 e. The lowest BCUT2D eigenvalue weighted by molar-refractivity contribution is 0.354. The number of alkyl halides is 1. The van der Waals surface area contributed by atoms with E-state index in [1.54, 1.807) is 32.4 Å². The number of methoxy groups -OCH3 is 2. The largest absolute Gasteiger partial charge is 0.493 e. The fourth-order valence-electron chi connectivity index (χ4n) is 1.31. The first kappa shape index (κ1) is 12.5. The first-order valence-electron chi connectivity index (χ1n) is 4.59. The number of hydrogen-bond acceptors (Lipinski definition) is 3. The lowest BCUT2D eigenvalue weighted by Gasteiger charge is -2.12. The van der Waals surface area contributed by atoms with Crippen LogP contribution in [0.2, 0.25) is 0 Å². The summed E-state index contributed by atoms with van der Waals surface area (Å²) in [6, 6.07) is 4.90. The van der Waals surface area contributed by atoms with Crippen molar-refractivity contribution in [3.8, 4) is 11.5 Å².